The second-order valence-electron chi connectivity index (χ2n) is 4.89. The van der Waals surface area contributed by atoms with Crippen LogP contribution in [0, 0.1) is 19.7 Å². The number of esters is 1. The molecule has 0 bridgehead atoms. The van der Waals surface area contributed by atoms with Gasteiger partial charge in [0.1, 0.15) is 10.8 Å². The number of anilines is 2. The zero-order valence-electron chi connectivity index (χ0n) is 13.0. The van der Waals surface area contributed by atoms with Crippen molar-refractivity contribution in [3.8, 4) is 0 Å². The number of rotatable bonds is 5. The van der Waals surface area contributed by atoms with Gasteiger partial charge in [-0.05, 0) is 37.6 Å². The Kier molecular flexibility index (Phi) is 5.33. The van der Waals surface area contributed by atoms with E-state index in [9.17, 15) is 14.0 Å². The van der Waals surface area contributed by atoms with E-state index in [1.54, 1.807) is 19.1 Å². The first-order chi connectivity index (χ1) is 10.9. The van der Waals surface area contributed by atoms with E-state index in [4.69, 9.17) is 4.74 Å². The van der Waals surface area contributed by atoms with Gasteiger partial charge in [-0.15, -0.1) is 11.3 Å². The van der Waals surface area contributed by atoms with Crippen molar-refractivity contribution in [3.05, 3.63) is 46.1 Å². The summed E-state index contributed by atoms with van der Waals surface area (Å²) in [5, 5.41) is 5.98. The van der Waals surface area contributed by atoms with Gasteiger partial charge in [0.2, 0.25) is 5.91 Å². The van der Waals surface area contributed by atoms with Crippen LogP contribution in [0.1, 0.15) is 20.8 Å². The summed E-state index contributed by atoms with van der Waals surface area (Å²) in [6.07, 6.45) is 0. The molecule has 1 aromatic carbocycles. The first-order valence-corrected chi connectivity index (χ1v) is 7.71. The van der Waals surface area contributed by atoms with Crippen LogP contribution in [0.25, 0.3) is 0 Å². The number of thiophene rings is 1. The maximum Gasteiger partial charge on any atom is 0.341 e. The number of hydrogen-bond donors (Lipinski definition) is 2. The Labute approximate surface area is 137 Å². The molecule has 1 heterocycles. The van der Waals surface area contributed by atoms with Gasteiger partial charge in [-0.25, -0.2) is 9.18 Å². The molecule has 2 rings (SSSR count). The predicted octanol–water partition coefficient (Wildman–Crippen LogP) is 3.34. The molecule has 0 radical (unpaired) electrons. The van der Waals surface area contributed by atoms with Crippen LogP contribution in [-0.2, 0) is 9.53 Å². The second kappa shape index (κ2) is 7.23. The summed E-state index contributed by atoms with van der Waals surface area (Å²) in [5.41, 5.74) is 1.66. The van der Waals surface area contributed by atoms with Crippen LogP contribution in [0.5, 0.6) is 0 Å². The highest BCUT2D eigenvalue weighted by Crippen LogP contribution is 2.32. The van der Waals surface area contributed by atoms with E-state index in [1.807, 2.05) is 6.92 Å². The molecule has 0 spiro atoms. The van der Waals surface area contributed by atoms with Gasteiger partial charge >= 0.3 is 5.97 Å². The Hall–Kier alpha value is -2.41. The lowest BCUT2D eigenvalue weighted by Crippen LogP contribution is -2.22. The number of ether oxygens (including phenoxy) is 1. The van der Waals surface area contributed by atoms with Crippen LogP contribution in [0.15, 0.2) is 24.3 Å². The minimum Gasteiger partial charge on any atom is -0.465 e. The highest BCUT2D eigenvalue weighted by Gasteiger charge is 2.21. The lowest BCUT2D eigenvalue weighted by Gasteiger charge is -2.08. The van der Waals surface area contributed by atoms with Gasteiger partial charge in [-0.1, -0.05) is 6.07 Å². The van der Waals surface area contributed by atoms with Gasteiger partial charge in [0, 0.05) is 10.6 Å². The van der Waals surface area contributed by atoms with E-state index in [-0.39, 0.29) is 18.3 Å². The van der Waals surface area contributed by atoms with Gasteiger partial charge in [-0.2, -0.15) is 0 Å². The van der Waals surface area contributed by atoms with Crippen molar-refractivity contribution in [1.29, 1.82) is 0 Å². The molecule has 0 aliphatic rings. The summed E-state index contributed by atoms with van der Waals surface area (Å²) in [6, 6.07) is 5.84. The number of benzene rings is 1. The van der Waals surface area contributed by atoms with Gasteiger partial charge < -0.3 is 15.4 Å². The quantitative estimate of drug-likeness (QED) is 0.822. The average molecular weight is 336 g/mol. The monoisotopic (exact) mass is 336 g/mol. The molecule has 7 heteroatoms. The minimum absolute atomic E-state index is 0.0416. The molecule has 23 heavy (non-hydrogen) atoms. The number of hydrogen-bond acceptors (Lipinski definition) is 5. The van der Waals surface area contributed by atoms with Crippen molar-refractivity contribution in [2.75, 3.05) is 24.3 Å². The first kappa shape index (κ1) is 17.0. The van der Waals surface area contributed by atoms with E-state index >= 15 is 0 Å². The second-order valence-corrected chi connectivity index (χ2v) is 6.12. The fourth-order valence-corrected chi connectivity index (χ4v) is 3.08. The van der Waals surface area contributed by atoms with Crippen molar-refractivity contribution in [3.63, 3.8) is 0 Å². The first-order valence-electron chi connectivity index (χ1n) is 6.90. The standard InChI is InChI=1S/C16H17FN2O3S/c1-9-10(2)23-15(14(9)16(21)22-3)19-13(20)8-18-12-6-4-5-11(17)7-12/h4-7,18H,8H2,1-3H3,(H,19,20). The molecule has 0 saturated carbocycles. The Morgan fingerprint density at radius 2 is 2.04 bits per heavy atom. The van der Waals surface area contributed by atoms with Gasteiger partial charge in [-0.3, -0.25) is 4.79 Å². The van der Waals surface area contributed by atoms with E-state index in [1.165, 1.54) is 30.6 Å². The fraction of sp³-hybridized carbons (Fsp3) is 0.250. The van der Waals surface area contributed by atoms with Crippen LogP contribution < -0.4 is 10.6 Å². The van der Waals surface area contributed by atoms with Crippen LogP contribution in [0.2, 0.25) is 0 Å². The van der Waals surface area contributed by atoms with Crippen molar-refractivity contribution < 1.29 is 18.7 Å². The Morgan fingerprint density at radius 3 is 2.70 bits per heavy atom. The molecule has 0 atom stereocenters. The molecule has 0 saturated heterocycles. The molecule has 1 aromatic heterocycles. The maximum atomic E-state index is 13.1. The molecule has 0 aliphatic heterocycles. The minimum atomic E-state index is -0.486. The third-order valence-corrected chi connectivity index (χ3v) is 4.43. The number of aryl methyl sites for hydroxylation is 1. The molecule has 5 nitrogen and oxygen atoms in total. The van der Waals surface area contributed by atoms with E-state index in [0.717, 1.165) is 10.4 Å². The largest absolute Gasteiger partial charge is 0.465 e. The third kappa shape index (κ3) is 4.07. The van der Waals surface area contributed by atoms with Crippen LogP contribution in [0.4, 0.5) is 15.1 Å². The molecule has 0 fully saturated rings. The Morgan fingerprint density at radius 1 is 1.30 bits per heavy atom. The lowest BCUT2D eigenvalue weighted by atomic mass is 10.1. The topological polar surface area (TPSA) is 67.4 Å². The summed E-state index contributed by atoms with van der Waals surface area (Å²) in [5.74, 6) is -1.20. The number of amides is 1. The highest BCUT2D eigenvalue weighted by atomic mass is 32.1. The van der Waals surface area contributed by atoms with Crippen LogP contribution in [0.3, 0.4) is 0 Å². The third-order valence-electron chi connectivity index (χ3n) is 3.31. The molecule has 1 amide bonds. The van der Waals surface area contributed by atoms with Crippen LogP contribution >= 0.6 is 11.3 Å². The fourth-order valence-electron chi connectivity index (χ4n) is 2.01. The number of carbonyl (C=O) groups is 2. The Balaban J connectivity index is 2.06. The predicted molar refractivity (Wildman–Crippen MR) is 88.7 cm³/mol. The van der Waals surface area contributed by atoms with E-state index in [2.05, 4.69) is 10.6 Å². The van der Waals surface area contributed by atoms with Gasteiger partial charge in [0.15, 0.2) is 0 Å². The molecule has 122 valence electrons. The molecule has 0 unspecified atom stereocenters. The van der Waals surface area contributed by atoms with Crippen molar-refractivity contribution >= 4 is 33.9 Å². The van der Waals surface area contributed by atoms with Gasteiger partial charge in [0.05, 0.1) is 19.2 Å². The highest BCUT2D eigenvalue weighted by molar-refractivity contribution is 7.16. The summed E-state index contributed by atoms with van der Waals surface area (Å²) in [4.78, 5) is 24.8. The maximum absolute atomic E-state index is 13.1. The normalized spacial score (nSPS) is 10.3. The number of methoxy groups -OCH3 is 1. The molecule has 0 aliphatic carbocycles. The van der Waals surface area contributed by atoms with E-state index in [0.29, 0.717) is 16.3 Å². The Bertz CT molecular complexity index is 743. The lowest BCUT2D eigenvalue weighted by molar-refractivity contribution is -0.114. The van der Waals surface area contributed by atoms with Crippen LogP contribution in [-0.4, -0.2) is 25.5 Å². The SMILES string of the molecule is COC(=O)c1c(NC(=O)CNc2cccc(F)c2)sc(C)c1C. The van der Waals surface area contributed by atoms with Gasteiger partial charge in [0.25, 0.3) is 0 Å². The molecule has 2 aromatic rings. The average Bonchev–Trinajstić information content (AvgIpc) is 2.79. The molecule has 2 N–H and O–H groups in total. The summed E-state index contributed by atoms with van der Waals surface area (Å²) >= 11 is 1.32. The number of carbonyl (C=O) groups excluding carboxylic acids is 2. The zero-order chi connectivity index (χ0) is 17.0. The molecular weight excluding hydrogens is 319 g/mol. The summed E-state index contributed by atoms with van der Waals surface area (Å²) < 4.78 is 17.8. The molecular formula is C16H17FN2O3S. The van der Waals surface area contributed by atoms with Crippen molar-refractivity contribution in [2.24, 2.45) is 0 Å². The smallest absolute Gasteiger partial charge is 0.341 e. The van der Waals surface area contributed by atoms with Crippen molar-refractivity contribution in [1.82, 2.24) is 0 Å². The van der Waals surface area contributed by atoms with Crippen molar-refractivity contribution in [2.45, 2.75) is 13.8 Å². The summed E-state index contributed by atoms with van der Waals surface area (Å²) in [6.45, 7) is 3.63. The zero-order valence-corrected chi connectivity index (χ0v) is 13.8. The number of halogens is 1. The number of nitrogens with one attached hydrogen (secondary N) is 2. The summed E-state index contributed by atoms with van der Waals surface area (Å²) in [7, 11) is 1.30. The van der Waals surface area contributed by atoms with E-state index < -0.39 is 5.97 Å².